The zero-order valence-corrected chi connectivity index (χ0v) is 11.9. The van der Waals surface area contributed by atoms with Crippen LogP contribution < -0.4 is 0 Å². The molecule has 18 heavy (non-hydrogen) atoms. The SMILES string of the molecule is C=C/C(C)=C/C=C\C=C\C(=C)C(=O)COC.CC. The first-order valence-corrected chi connectivity index (χ1v) is 5.97. The highest BCUT2D eigenvalue weighted by atomic mass is 16.5. The molecular formula is C16H24O2. The van der Waals surface area contributed by atoms with Crippen molar-refractivity contribution in [1.29, 1.82) is 0 Å². The van der Waals surface area contributed by atoms with E-state index >= 15 is 0 Å². The highest BCUT2D eigenvalue weighted by molar-refractivity contribution is 5.98. The van der Waals surface area contributed by atoms with E-state index in [1.807, 2.05) is 39.0 Å². The maximum absolute atomic E-state index is 11.2. The Morgan fingerprint density at radius 3 is 2.33 bits per heavy atom. The van der Waals surface area contributed by atoms with Gasteiger partial charge in [0, 0.05) is 12.7 Å². The summed E-state index contributed by atoms with van der Waals surface area (Å²) in [6.45, 7) is 13.3. The standard InChI is InChI=1S/C14H18O2.C2H6/c1-5-12(2)9-7-6-8-10-13(3)14(15)11-16-4;1-2/h5-10H,1,3,11H2,2,4H3;1-2H3/b7-6-,10-8+,12-9+;. The summed E-state index contributed by atoms with van der Waals surface area (Å²) in [5.41, 5.74) is 1.52. The van der Waals surface area contributed by atoms with Crippen molar-refractivity contribution < 1.29 is 9.53 Å². The van der Waals surface area contributed by atoms with Gasteiger partial charge in [-0.1, -0.05) is 69.0 Å². The molecule has 0 amide bonds. The largest absolute Gasteiger partial charge is 0.377 e. The Bertz CT molecular complexity index is 344. The van der Waals surface area contributed by atoms with E-state index in [-0.39, 0.29) is 12.4 Å². The molecule has 0 aliphatic heterocycles. The van der Waals surface area contributed by atoms with Crippen LogP contribution in [0.25, 0.3) is 0 Å². The fourth-order valence-corrected chi connectivity index (χ4v) is 0.828. The second-order valence-corrected chi connectivity index (χ2v) is 3.24. The molecule has 2 nitrogen and oxygen atoms in total. The smallest absolute Gasteiger partial charge is 0.187 e. The number of ketones is 1. The van der Waals surface area contributed by atoms with E-state index in [9.17, 15) is 4.79 Å². The van der Waals surface area contributed by atoms with Crippen LogP contribution in [0.1, 0.15) is 20.8 Å². The molecule has 0 heterocycles. The lowest BCUT2D eigenvalue weighted by Gasteiger charge is -1.96. The number of rotatable bonds is 7. The predicted octanol–water partition coefficient (Wildman–Crippen LogP) is 4.03. The van der Waals surface area contributed by atoms with Crippen LogP contribution in [0, 0.1) is 0 Å². The summed E-state index contributed by atoms with van der Waals surface area (Å²) < 4.78 is 4.72. The van der Waals surface area contributed by atoms with Gasteiger partial charge in [-0.25, -0.2) is 0 Å². The van der Waals surface area contributed by atoms with Crippen LogP contribution in [-0.2, 0) is 9.53 Å². The maximum Gasteiger partial charge on any atom is 0.187 e. The van der Waals surface area contributed by atoms with Gasteiger partial charge in [0.1, 0.15) is 6.61 Å². The minimum atomic E-state index is -0.107. The van der Waals surface area contributed by atoms with Crippen molar-refractivity contribution in [2.45, 2.75) is 20.8 Å². The summed E-state index contributed by atoms with van der Waals surface area (Å²) in [6.07, 6.45) is 10.8. The number of carbonyl (C=O) groups is 1. The molecule has 0 aromatic heterocycles. The third-order valence-corrected chi connectivity index (χ3v) is 1.83. The molecule has 0 aromatic rings. The zero-order chi connectivity index (χ0) is 14.4. The summed E-state index contributed by atoms with van der Waals surface area (Å²) >= 11 is 0. The number of ether oxygens (including phenoxy) is 1. The van der Waals surface area contributed by atoms with Crippen LogP contribution >= 0.6 is 0 Å². The highest BCUT2D eigenvalue weighted by Crippen LogP contribution is 1.97. The molecule has 0 bridgehead atoms. The number of hydrogen-bond donors (Lipinski definition) is 0. The third-order valence-electron chi connectivity index (χ3n) is 1.83. The lowest BCUT2D eigenvalue weighted by Crippen LogP contribution is -2.06. The summed E-state index contributed by atoms with van der Waals surface area (Å²) in [4.78, 5) is 11.2. The Hall–Kier alpha value is -1.67. The number of Topliss-reactive ketones (excluding diaryl/α,β-unsaturated/α-hetero) is 1. The van der Waals surface area contributed by atoms with Gasteiger partial charge in [-0.05, 0) is 6.92 Å². The van der Waals surface area contributed by atoms with Crippen molar-refractivity contribution in [3.05, 3.63) is 60.8 Å². The molecule has 0 saturated carbocycles. The van der Waals surface area contributed by atoms with Gasteiger partial charge in [0.05, 0.1) is 0 Å². The minimum Gasteiger partial charge on any atom is -0.377 e. The fourth-order valence-electron chi connectivity index (χ4n) is 0.828. The molecule has 0 rings (SSSR count). The first-order valence-electron chi connectivity index (χ1n) is 5.97. The second kappa shape index (κ2) is 13.4. The van der Waals surface area contributed by atoms with E-state index in [4.69, 9.17) is 4.74 Å². The molecule has 0 radical (unpaired) electrons. The molecule has 0 saturated heterocycles. The topological polar surface area (TPSA) is 26.3 Å². The van der Waals surface area contributed by atoms with Crippen molar-refractivity contribution >= 4 is 5.78 Å². The molecular weight excluding hydrogens is 224 g/mol. The number of carbonyl (C=O) groups excluding carboxylic acids is 1. The summed E-state index contributed by atoms with van der Waals surface area (Å²) in [5.74, 6) is -0.107. The maximum atomic E-state index is 11.2. The Balaban J connectivity index is 0. The molecule has 0 spiro atoms. The van der Waals surface area contributed by atoms with Crippen molar-refractivity contribution in [3.63, 3.8) is 0 Å². The van der Waals surface area contributed by atoms with Gasteiger partial charge in [0.25, 0.3) is 0 Å². The van der Waals surface area contributed by atoms with Gasteiger partial charge in [-0.2, -0.15) is 0 Å². The average molecular weight is 248 g/mol. The molecule has 0 fully saturated rings. The predicted molar refractivity (Wildman–Crippen MR) is 79.6 cm³/mol. The van der Waals surface area contributed by atoms with Crippen LogP contribution in [-0.4, -0.2) is 19.5 Å². The Labute approximate surface area is 111 Å². The molecule has 0 N–H and O–H groups in total. The molecule has 2 heteroatoms. The van der Waals surface area contributed by atoms with Crippen molar-refractivity contribution in [2.75, 3.05) is 13.7 Å². The molecule has 0 aromatic carbocycles. The fraction of sp³-hybridized carbons (Fsp3) is 0.312. The number of hydrogen-bond acceptors (Lipinski definition) is 2. The molecule has 0 aliphatic rings. The Kier molecular flexibility index (Phi) is 13.9. The monoisotopic (exact) mass is 248 g/mol. The lowest BCUT2D eigenvalue weighted by atomic mass is 10.2. The van der Waals surface area contributed by atoms with E-state index < -0.39 is 0 Å². The van der Waals surface area contributed by atoms with Crippen molar-refractivity contribution in [1.82, 2.24) is 0 Å². The van der Waals surface area contributed by atoms with Crippen molar-refractivity contribution in [3.8, 4) is 0 Å². The first-order chi connectivity index (χ1) is 8.61. The first kappa shape index (κ1) is 18.7. The van der Waals surface area contributed by atoms with Gasteiger partial charge >= 0.3 is 0 Å². The summed E-state index contributed by atoms with van der Waals surface area (Å²) in [6, 6.07) is 0. The Morgan fingerprint density at radius 2 is 1.83 bits per heavy atom. The van der Waals surface area contributed by atoms with Gasteiger partial charge in [0.15, 0.2) is 5.78 Å². The molecule has 0 atom stereocenters. The minimum absolute atomic E-state index is 0.0718. The van der Waals surface area contributed by atoms with E-state index in [0.29, 0.717) is 5.57 Å². The molecule has 0 unspecified atom stereocenters. The van der Waals surface area contributed by atoms with Crippen LogP contribution in [0.3, 0.4) is 0 Å². The van der Waals surface area contributed by atoms with Gasteiger partial charge in [0.2, 0.25) is 0 Å². The van der Waals surface area contributed by atoms with Crippen LogP contribution in [0.15, 0.2) is 60.8 Å². The second-order valence-electron chi connectivity index (χ2n) is 3.24. The van der Waals surface area contributed by atoms with E-state index in [1.54, 1.807) is 18.2 Å². The average Bonchev–Trinajstić information content (AvgIpc) is 2.40. The number of allylic oxidation sites excluding steroid dienone is 7. The van der Waals surface area contributed by atoms with Crippen molar-refractivity contribution in [2.24, 2.45) is 0 Å². The van der Waals surface area contributed by atoms with Gasteiger partial charge < -0.3 is 4.74 Å². The number of methoxy groups -OCH3 is 1. The third kappa shape index (κ3) is 10.8. The van der Waals surface area contributed by atoms with Crippen LogP contribution in [0.5, 0.6) is 0 Å². The van der Waals surface area contributed by atoms with Crippen LogP contribution in [0.2, 0.25) is 0 Å². The van der Waals surface area contributed by atoms with Gasteiger partial charge in [-0.15, -0.1) is 0 Å². The van der Waals surface area contributed by atoms with E-state index in [1.165, 1.54) is 7.11 Å². The normalized spacial score (nSPS) is 11.2. The molecule has 100 valence electrons. The summed E-state index contributed by atoms with van der Waals surface area (Å²) in [7, 11) is 1.48. The Morgan fingerprint density at radius 1 is 1.22 bits per heavy atom. The van der Waals surface area contributed by atoms with E-state index in [2.05, 4.69) is 13.2 Å². The van der Waals surface area contributed by atoms with Gasteiger partial charge in [-0.3, -0.25) is 4.79 Å². The molecule has 0 aliphatic carbocycles. The highest BCUT2D eigenvalue weighted by Gasteiger charge is 2.01. The quantitative estimate of drug-likeness (QED) is 0.502. The van der Waals surface area contributed by atoms with Crippen LogP contribution in [0.4, 0.5) is 0 Å². The summed E-state index contributed by atoms with van der Waals surface area (Å²) in [5, 5.41) is 0. The zero-order valence-electron chi connectivity index (χ0n) is 11.9. The lowest BCUT2D eigenvalue weighted by molar-refractivity contribution is -0.118. The van der Waals surface area contributed by atoms with E-state index in [0.717, 1.165) is 5.57 Å².